The molecule has 5 heteroatoms. The SMILES string of the molecule is CCOC(=O)C1=C(Nc2ccc(C)cc2)C=C(C)[C@H](C(=O)OCC)[C@H]1c1ccccc1. The second-order valence-corrected chi connectivity index (χ2v) is 7.55. The number of ether oxygens (including phenoxy) is 2. The molecule has 0 bridgehead atoms. The van der Waals surface area contributed by atoms with Gasteiger partial charge in [0, 0.05) is 17.3 Å². The van der Waals surface area contributed by atoms with Gasteiger partial charge in [0.1, 0.15) is 0 Å². The maximum absolute atomic E-state index is 13.2. The Balaban J connectivity index is 2.17. The number of hydrogen-bond acceptors (Lipinski definition) is 5. The molecule has 0 aliphatic heterocycles. The predicted molar refractivity (Wildman–Crippen MR) is 122 cm³/mol. The predicted octanol–water partition coefficient (Wildman–Crippen LogP) is 5.15. The van der Waals surface area contributed by atoms with Crippen molar-refractivity contribution in [1.29, 1.82) is 0 Å². The minimum atomic E-state index is -0.606. The highest BCUT2D eigenvalue weighted by atomic mass is 16.5. The van der Waals surface area contributed by atoms with Crippen molar-refractivity contribution in [3.05, 3.63) is 88.6 Å². The molecule has 0 amide bonds. The van der Waals surface area contributed by atoms with Crippen molar-refractivity contribution >= 4 is 17.6 Å². The summed E-state index contributed by atoms with van der Waals surface area (Å²) in [4.78, 5) is 26.1. The summed E-state index contributed by atoms with van der Waals surface area (Å²) in [6, 6.07) is 17.5. The summed E-state index contributed by atoms with van der Waals surface area (Å²) in [5.74, 6) is -1.91. The summed E-state index contributed by atoms with van der Waals surface area (Å²) in [5, 5.41) is 3.37. The second-order valence-electron chi connectivity index (χ2n) is 7.55. The van der Waals surface area contributed by atoms with Crippen molar-refractivity contribution in [1.82, 2.24) is 0 Å². The third kappa shape index (κ3) is 5.05. The molecule has 5 nitrogen and oxygen atoms in total. The van der Waals surface area contributed by atoms with Gasteiger partial charge in [-0.3, -0.25) is 4.79 Å². The lowest BCUT2D eigenvalue weighted by atomic mass is 9.72. The van der Waals surface area contributed by atoms with Crippen LogP contribution in [0.5, 0.6) is 0 Å². The van der Waals surface area contributed by atoms with Gasteiger partial charge in [-0.05, 0) is 51.5 Å². The molecule has 162 valence electrons. The number of esters is 2. The summed E-state index contributed by atoms with van der Waals surface area (Å²) < 4.78 is 10.8. The van der Waals surface area contributed by atoms with Gasteiger partial charge in [-0.2, -0.15) is 0 Å². The molecule has 0 fully saturated rings. The molecule has 0 spiro atoms. The van der Waals surface area contributed by atoms with Crippen molar-refractivity contribution in [2.75, 3.05) is 18.5 Å². The average Bonchev–Trinajstić information content (AvgIpc) is 2.75. The molecule has 0 heterocycles. The molecule has 0 aromatic heterocycles. The van der Waals surface area contributed by atoms with Gasteiger partial charge in [0.25, 0.3) is 0 Å². The fourth-order valence-electron chi connectivity index (χ4n) is 3.91. The summed E-state index contributed by atoms with van der Waals surface area (Å²) in [5.41, 5.74) is 4.75. The van der Waals surface area contributed by atoms with E-state index in [0.29, 0.717) is 11.3 Å². The molecule has 1 N–H and O–H groups in total. The molecule has 2 aromatic carbocycles. The lowest BCUT2D eigenvalue weighted by molar-refractivity contribution is -0.147. The molecular weight excluding hydrogens is 390 g/mol. The van der Waals surface area contributed by atoms with E-state index >= 15 is 0 Å². The van der Waals surface area contributed by atoms with E-state index in [4.69, 9.17) is 9.47 Å². The fourth-order valence-corrected chi connectivity index (χ4v) is 3.91. The van der Waals surface area contributed by atoms with Gasteiger partial charge < -0.3 is 14.8 Å². The van der Waals surface area contributed by atoms with Crippen LogP contribution >= 0.6 is 0 Å². The van der Waals surface area contributed by atoms with Crippen LogP contribution in [0.15, 0.2) is 77.5 Å². The summed E-state index contributed by atoms with van der Waals surface area (Å²) in [6.07, 6.45) is 1.85. The maximum Gasteiger partial charge on any atom is 0.336 e. The van der Waals surface area contributed by atoms with Gasteiger partial charge >= 0.3 is 11.9 Å². The number of allylic oxidation sites excluding steroid dienone is 1. The summed E-state index contributed by atoms with van der Waals surface area (Å²) in [6.45, 7) is 7.99. The number of benzene rings is 2. The second kappa shape index (κ2) is 10.1. The minimum Gasteiger partial charge on any atom is -0.466 e. The lowest BCUT2D eigenvalue weighted by Crippen LogP contribution is -2.34. The molecule has 0 saturated carbocycles. The van der Waals surface area contributed by atoms with Crippen molar-refractivity contribution in [3.63, 3.8) is 0 Å². The number of carbonyl (C=O) groups excluding carboxylic acids is 2. The first-order valence-corrected chi connectivity index (χ1v) is 10.6. The zero-order valence-corrected chi connectivity index (χ0v) is 18.5. The smallest absolute Gasteiger partial charge is 0.336 e. The van der Waals surface area contributed by atoms with E-state index in [9.17, 15) is 9.59 Å². The Bertz CT molecular complexity index is 990. The molecule has 1 aliphatic carbocycles. The first kappa shape index (κ1) is 22.3. The van der Waals surface area contributed by atoms with Crippen LogP contribution in [0.25, 0.3) is 0 Å². The molecule has 2 aromatic rings. The molecule has 0 radical (unpaired) electrons. The van der Waals surface area contributed by atoms with Crippen molar-refractivity contribution < 1.29 is 19.1 Å². The van der Waals surface area contributed by atoms with Gasteiger partial charge in [-0.25, -0.2) is 4.79 Å². The fraction of sp³-hybridized carbons (Fsp3) is 0.308. The molecule has 0 saturated heterocycles. The van der Waals surface area contributed by atoms with Gasteiger partial charge in [0.15, 0.2) is 0 Å². The van der Waals surface area contributed by atoms with Crippen molar-refractivity contribution in [2.45, 2.75) is 33.6 Å². The van der Waals surface area contributed by atoms with Crippen LogP contribution < -0.4 is 5.32 Å². The maximum atomic E-state index is 13.2. The Morgan fingerprint density at radius 2 is 1.55 bits per heavy atom. The van der Waals surface area contributed by atoms with Gasteiger partial charge in [0.2, 0.25) is 0 Å². The van der Waals surface area contributed by atoms with Gasteiger partial charge in [-0.1, -0.05) is 53.6 Å². The van der Waals surface area contributed by atoms with Crippen molar-refractivity contribution in [3.8, 4) is 0 Å². The topological polar surface area (TPSA) is 64.6 Å². The highest BCUT2D eigenvalue weighted by Crippen LogP contribution is 2.43. The minimum absolute atomic E-state index is 0.244. The number of aryl methyl sites for hydroxylation is 1. The van der Waals surface area contributed by atoms with Crippen LogP contribution in [-0.4, -0.2) is 25.2 Å². The first-order valence-electron chi connectivity index (χ1n) is 10.6. The third-order valence-corrected chi connectivity index (χ3v) is 5.32. The van der Waals surface area contributed by atoms with Crippen LogP contribution in [-0.2, 0) is 19.1 Å². The Kier molecular flexibility index (Phi) is 7.29. The zero-order chi connectivity index (χ0) is 22.4. The van der Waals surface area contributed by atoms with Crippen LogP contribution in [0.3, 0.4) is 0 Å². The van der Waals surface area contributed by atoms with E-state index in [2.05, 4.69) is 5.32 Å². The number of rotatable bonds is 7. The molecule has 31 heavy (non-hydrogen) atoms. The normalized spacial score (nSPS) is 18.3. The number of carbonyl (C=O) groups is 2. The molecular formula is C26H29NO4. The number of nitrogens with one attached hydrogen (secondary N) is 1. The highest BCUT2D eigenvalue weighted by Gasteiger charge is 2.42. The van der Waals surface area contributed by atoms with E-state index < -0.39 is 17.8 Å². The first-order chi connectivity index (χ1) is 15.0. The highest BCUT2D eigenvalue weighted by molar-refractivity contribution is 5.95. The quantitative estimate of drug-likeness (QED) is 0.629. The van der Waals surface area contributed by atoms with E-state index in [0.717, 1.165) is 22.4 Å². The Hall–Kier alpha value is -3.34. The van der Waals surface area contributed by atoms with Crippen LogP contribution in [0.1, 0.15) is 37.8 Å². The Morgan fingerprint density at radius 3 is 2.16 bits per heavy atom. The summed E-state index contributed by atoms with van der Waals surface area (Å²) >= 11 is 0. The molecule has 0 unspecified atom stereocenters. The standard InChI is InChI=1S/C26H29NO4/c1-5-30-25(28)22-18(4)16-21(27-20-14-12-17(3)13-15-20)24(26(29)31-6-2)23(22)19-10-8-7-9-11-19/h7-16,22-23,27H,5-6H2,1-4H3/t22-,23+/m0/s1. The van der Waals surface area contributed by atoms with E-state index in [1.807, 2.05) is 74.5 Å². The lowest BCUT2D eigenvalue weighted by Gasteiger charge is -2.33. The number of hydrogen-bond donors (Lipinski definition) is 1. The van der Waals surface area contributed by atoms with Crippen molar-refractivity contribution in [2.24, 2.45) is 5.92 Å². The van der Waals surface area contributed by atoms with Crippen LogP contribution in [0.2, 0.25) is 0 Å². The third-order valence-electron chi connectivity index (χ3n) is 5.32. The largest absolute Gasteiger partial charge is 0.466 e. The zero-order valence-electron chi connectivity index (χ0n) is 18.5. The molecule has 1 aliphatic rings. The Morgan fingerprint density at radius 1 is 0.903 bits per heavy atom. The van der Waals surface area contributed by atoms with Crippen LogP contribution in [0, 0.1) is 12.8 Å². The summed E-state index contributed by atoms with van der Waals surface area (Å²) in [7, 11) is 0. The van der Waals surface area contributed by atoms with E-state index in [1.165, 1.54) is 0 Å². The van der Waals surface area contributed by atoms with Gasteiger partial charge in [0.05, 0.1) is 24.7 Å². The number of anilines is 1. The van der Waals surface area contributed by atoms with E-state index in [-0.39, 0.29) is 19.2 Å². The van der Waals surface area contributed by atoms with Crippen LogP contribution in [0.4, 0.5) is 5.69 Å². The molecule has 2 atom stereocenters. The van der Waals surface area contributed by atoms with Gasteiger partial charge in [-0.15, -0.1) is 0 Å². The average molecular weight is 420 g/mol. The van der Waals surface area contributed by atoms with E-state index in [1.54, 1.807) is 13.8 Å². The Labute approximate surface area is 183 Å². The molecule has 3 rings (SSSR count). The monoisotopic (exact) mass is 419 g/mol.